The molecule has 0 aromatic carbocycles. The summed E-state index contributed by atoms with van der Waals surface area (Å²) in [6, 6.07) is 0. The van der Waals surface area contributed by atoms with Crippen LogP contribution in [0.3, 0.4) is 0 Å². The summed E-state index contributed by atoms with van der Waals surface area (Å²) >= 11 is 12.1. The number of hydrogen-bond donors (Lipinski definition) is 2. The number of hydrogen-bond acceptors (Lipinski definition) is 11. The van der Waals surface area contributed by atoms with Gasteiger partial charge in [-0.1, -0.05) is 41.5 Å². The Bertz CT molecular complexity index is 1340. The summed E-state index contributed by atoms with van der Waals surface area (Å²) in [5.41, 5.74) is -4.24. The SMILES string of the molecule is COC(=O)[C@@]12CO[C@@H](C(C)(C)C)N1C(=O)C(CCO)=C2C.COC(=O)[C@@]12CO[C@@H](C(C)(C)C)N1C(=O)[C@@]1(CCO)O[C@@]21C.[B].[B].[I][V]([I])[I].[I][V][I]. The third-order valence-corrected chi connectivity index (χ3v) is 9.56. The Hall–Kier alpha value is 2.37. The topological polar surface area (TPSA) is 165 Å². The maximum atomic E-state index is 13.0. The van der Waals surface area contributed by atoms with E-state index in [0.717, 1.165) is 0 Å². The number of fused-ring (bicyclic) bond motifs is 4. The summed E-state index contributed by atoms with van der Waals surface area (Å²) in [5, 5.41) is 18.5. The van der Waals surface area contributed by atoms with Gasteiger partial charge in [0.15, 0.2) is 16.7 Å². The Kier molecular flexibility index (Phi) is 22.0. The van der Waals surface area contributed by atoms with Gasteiger partial charge in [0.05, 0.1) is 27.4 Å². The van der Waals surface area contributed by atoms with E-state index in [2.05, 4.69) is 99.9 Å². The molecule has 5 rings (SSSR count). The molecule has 0 aromatic rings. The Morgan fingerprint density at radius 3 is 1.75 bits per heavy atom. The number of carbonyl (C=O) groups excluding carboxylic acids is 4. The minimum atomic E-state index is -1.29. The summed E-state index contributed by atoms with van der Waals surface area (Å²) in [6.07, 6.45) is -0.649. The van der Waals surface area contributed by atoms with Gasteiger partial charge in [-0.15, -0.1) is 0 Å². The van der Waals surface area contributed by atoms with Gasteiger partial charge in [0, 0.05) is 59.3 Å². The molecular weight excluding hydrogens is 1320 g/mol. The monoisotopic (exact) mass is 1370 g/mol. The van der Waals surface area contributed by atoms with Gasteiger partial charge in [-0.05, 0) is 19.4 Å². The van der Waals surface area contributed by atoms with Crippen LogP contribution in [0.5, 0.6) is 0 Å². The number of ether oxygens (including phenoxy) is 5. The molecule has 2 N–H and O–H groups in total. The molecule has 0 spiro atoms. The van der Waals surface area contributed by atoms with E-state index >= 15 is 0 Å². The molecule has 0 saturated carbocycles. The van der Waals surface area contributed by atoms with Crippen LogP contribution in [0, 0.1) is 10.8 Å². The summed E-state index contributed by atoms with van der Waals surface area (Å²) in [5.74, 6) is -1.57. The molecule has 2 amide bonds. The zero-order chi connectivity index (χ0) is 38.8. The molecule has 0 aliphatic carbocycles. The number of aliphatic hydroxyl groups is 2. The number of morpholine rings is 1. The zero-order valence-electron chi connectivity index (χ0n) is 30.8. The van der Waals surface area contributed by atoms with Crippen LogP contribution in [-0.2, 0) is 57.2 Å². The molecule has 0 aromatic heterocycles. The molecule has 5 aliphatic heterocycles. The van der Waals surface area contributed by atoms with Crippen molar-refractivity contribution in [2.75, 3.05) is 40.6 Å². The van der Waals surface area contributed by atoms with Crippen LogP contribution in [-0.4, -0.2) is 136 Å². The van der Waals surface area contributed by atoms with Crippen LogP contribution in [0.15, 0.2) is 11.1 Å². The van der Waals surface area contributed by atoms with Crippen LogP contribution in [0.4, 0.5) is 0 Å². The molecular formula is C30H46B2I5N2O11V2. The van der Waals surface area contributed by atoms with Crippen molar-refractivity contribution in [2.24, 2.45) is 10.8 Å². The van der Waals surface area contributed by atoms with E-state index in [0.29, 0.717) is 20.6 Å². The van der Waals surface area contributed by atoms with Crippen molar-refractivity contribution in [2.45, 2.75) is 103 Å². The molecule has 293 valence electrons. The molecule has 5 heterocycles. The van der Waals surface area contributed by atoms with Crippen molar-refractivity contribution in [3.8, 4) is 0 Å². The van der Waals surface area contributed by atoms with Crippen LogP contribution < -0.4 is 0 Å². The van der Waals surface area contributed by atoms with Crippen LogP contribution >= 0.6 is 99.9 Å². The predicted molar refractivity (Wildman–Crippen MR) is 232 cm³/mol. The second-order valence-electron chi connectivity index (χ2n) is 14.4. The van der Waals surface area contributed by atoms with Gasteiger partial charge in [-0.3, -0.25) is 19.4 Å². The number of amides is 2. The van der Waals surface area contributed by atoms with Crippen LogP contribution in [0.1, 0.15) is 68.2 Å². The predicted octanol–water partition coefficient (Wildman–Crippen LogP) is 4.56. The van der Waals surface area contributed by atoms with E-state index in [1.165, 1.54) is 24.0 Å². The third-order valence-electron chi connectivity index (χ3n) is 9.56. The van der Waals surface area contributed by atoms with Gasteiger partial charge >= 0.3 is 126 Å². The van der Waals surface area contributed by atoms with E-state index < -0.39 is 46.7 Å². The van der Waals surface area contributed by atoms with Crippen molar-refractivity contribution in [1.29, 1.82) is 0 Å². The van der Waals surface area contributed by atoms with E-state index in [9.17, 15) is 29.4 Å². The van der Waals surface area contributed by atoms with Gasteiger partial charge in [-0.2, -0.15) is 0 Å². The molecule has 22 heteroatoms. The van der Waals surface area contributed by atoms with E-state index in [1.807, 2.05) is 41.5 Å². The molecule has 13 nitrogen and oxygen atoms in total. The Labute approximate surface area is 378 Å². The molecule has 52 heavy (non-hydrogen) atoms. The average Bonchev–Trinajstić information content (AvgIpc) is 3.36. The van der Waals surface area contributed by atoms with Gasteiger partial charge in [0.25, 0.3) is 11.8 Å². The van der Waals surface area contributed by atoms with E-state index in [4.69, 9.17) is 23.7 Å². The van der Waals surface area contributed by atoms with Gasteiger partial charge in [0.1, 0.15) is 18.1 Å². The summed E-state index contributed by atoms with van der Waals surface area (Å²) < 4.78 is 27.3. The summed E-state index contributed by atoms with van der Waals surface area (Å²) in [4.78, 5) is 53.5. The average molecular weight is 1370 g/mol. The van der Waals surface area contributed by atoms with Crippen molar-refractivity contribution >= 4 is 140 Å². The number of esters is 2. The Morgan fingerprint density at radius 1 is 0.904 bits per heavy atom. The first kappa shape index (κ1) is 54.4. The third kappa shape index (κ3) is 9.70. The van der Waals surface area contributed by atoms with Crippen molar-refractivity contribution in [3.63, 3.8) is 0 Å². The molecule has 6 atom stereocenters. The Balaban J connectivity index is 0.000000823. The normalized spacial score (nSPS) is 31.0. The second-order valence-corrected chi connectivity index (χ2v) is 61.5. The van der Waals surface area contributed by atoms with E-state index in [1.54, 1.807) is 13.8 Å². The maximum absolute atomic E-state index is 13.0. The second kappa shape index (κ2) is 21.1. The molecule has 0 bridgehead atoms. The first-order chi connectivity index (χ1) is 23.0. The molecule has 4 fully saturated rings. The van der Waals surface area contributed by atoms with Crippen LogP contribution in [0.25, 0.3) is 0 Å². The van der Waals surface area contributed by atoms with E-state index in [-0.39, 0.29) is 83.7 Å². The molecule has 6 radical (unpaired) electrons. The fourth-order valence-corrected chi connectivity index (χ4v) is 7.28. The fraction of sp³-hybridized carbons (Fsp3) is 0.800. The number of halogens is 5. The zero-order valence-corrected chi connectivity index (χ0v) is 44.4. The van der Waals surface area contributed by atoms with Crippen molar-refractivity contribution < 1.29 is 67.5 Å². The number of epoxide rings is 1. The fourth-order valence-electron chi connectivity index (χ4n) is 7.28. The number of methoxy groups -OCH3 is 2. The quantitative estimate of drug-likeness (QED) is 0.166. The number of carbonyl (C=O) groups is 4. The van der Waals surface area contributed by atoms with Crippen molar-refractivity contribution in [1.82, 2.24) is 9.80 Å². The van der Waals surface area contributed by atoms with Crippen molar-refractivity contribution in [3.05, 3.63) is 11.1 Å². The number of rotatable bonds is 6. The first-order valence-electron chi connectivity index (χ1n) is 15.4. The van der Waals surface area contributed by atoms with Crippen LogP contribution in [0.2, 0.25) is 0 Å². The standard InChI is InChI=1S/C15H23NO6.C15H23NO5.2B.5HI.2V/c1-12(2,3)10-16-9(18)15(6-7-17)13(4,22-15)14(16,8-21-10)11(19)20-5;1-9-10(6-7-17)11(18)16-12(14(2,3)4)21-8-15(9,16)13(19)20-5;;;;;;;;;/h10,17H,6-8H2,1-5H3;12,17H,6-8H2,1-5H3;;;5*1H;;/q;;;;;;;;;+2;+3/p-5/t10-,13-,14+,15+;12-,15-;;;;;;;;;/m00........./s1. The molecule has 0 unspecified atom stereocenters. The van der Waals surface area contributed by atoms with Gasteiger partial charge < -0.3 is 33.9 Å². The number of nitrogens with zero attached hydrogens (tertiary/aromatic N) is 2. The first-order valence-corrected chi connectivity index (χ1v) is 37.9. The number of aliphatic hydroxyl groups excluding tert-OH is 2. The Morgan fingerprint density at radius 2 is 1.35 bits per heavy atom. The molecule has 4 saturated heterocycles. The summed E-state index contributed by atoms with van der Waals surface area (Å²) in [7, 11) is 3.23. The summed E-state index contributed by atoms with van der Waals surface area (Å²) in [6.45, 7) is 15.0. The van der Waals surface area contributed by atoms with Gasteiger partial charge in [-0.25, -0.2) is 9.59 Å². The molecule has 5 aliphatic rings. The minimum absolute atomic E-state index is 0. The van der Waals surface area contributed by atoms with Gasteiger partial charge in [0.2, 0.25) is 0 Å².